The average Bonchev–Trinajstić information content (AvgIpc) is 2.96. The molecule has 1 fully saturated rings. The van der Waals surface area contributed by atoms with E-state index in [1.165, 1.54) is 16.7 Å². The molecule has 0 radical (unpaired) electrons. The van der Waals surface area contributed by atoms with Crippen molar-refractivity contribution in [2.45, 2.75) is 51.6 Å². The number of hydrogen-bond acceptors (Lipinski definition) is 4. The standard InChI is InChI=1S/C33H30BrN3O2/c1-22-8-7-9-23(18-22)21-39-31-17-14-24-10-5-6-13-27(24)29(31)20-35-37-32(25-11-3-2-4-12-25)36-30-16-15-26(34)19-28(30)33(37)38/h5-10,13-20,25H,2-4,11-12,21H2,1H3. The summed E-state index contributed by atoms with van der Waals surface area (Å²) in [6, 6.07) is 26.2. The molecule has 0 bridgehead atoms. The molecule has 39 heavy (non-hydrogen) atoms. The topological polar surface area (TPSA) is 56.5 Å². The van der Waals surface area contributed by atoms with Crippen LogP contribution in [-0.4, -0.2) is 15.9 Å². The smallest absolute Gasteiger partial charge is 0.282 e. The predicted octanol–water partition coefficient (Wildman–Crippen LogP) is 8.13. The molecule has 1 aromatic heterocycles. The van der Waals surface area contributed by atoms with Crippen LogP contribution in [0.1, 0.15) is 60.5 Å². The number of nitrogens with zero attached hydrogens (tertiary/aromatic N) is 3. The van der Waals surface area contributed by atoms with Crippen molar-refractivity contribution < 1.29 is 4.74 Å². The number of halogens is 1. The van der Waals surface area contributed by atoms with E-state index in [-0.39, 0.29) is 11.5 Å². The number of benzene rings is 4. The fourth-order valence-corrected chi connectivity index (χ4v) is 5.88. The lowest BCUT2D eigenvalue weighted by atomic mass is 9.88. The van der Waals surface area contributed by atoms with Gasteiger partial charge in [-0.1, -0.05) is 95.4 Å². The highest BCUT2D eigenvalue weighted by Crippen LogP contribution is 2.32. The Kier molecular flexibility index (Phi) is 7.29. The van der Waals surface area contributed by atoms with E-state index in [2.05, 4.69) is 59.3 Å². The molecule has 196 valence electrons. The molecule has 1 heterocycles. The van der Waals surface area contributed by atoms with Crippen molar-refractivity contribution in [3.05, 3.63) is 116 Å². The molecule has 1 aliphatic rings. The quantitative estimate of drug-likeness (QED) is 0.191. The first kappa shape index (κ1) is 25.5. The zero-order valence-corrected chi connectivity index (χ0v) is 23.5. The molecule has 0 unspecified atom stereocenters. The maximum atomic E-state index is 13.8. The largest absolute Gasteiger partial charge is 0.488 e. The first-order valence-electron chi connectivity index (χ1n) is 13.5. The van der Waals surface area contributed by atoms with Gasteiger partial charge in [0.05, 0.1) is 17.1 Å². The van der Waals surface area contributed by atoms with Gasteiger partial charge in [-0.3, -0.25) is 4.79 Å². The Balaban J connectivity index is 1.47. The Morgan fingerprint density at radius 3 is 2.67 bits per heavy atom. The summed E-state index contributed by atoms with van der Waals surface area (Å²) in [6.07, 6.45) is 7.31. The molecule has 0 spiro atoms. The monoisotopic (exact) mass is 579 g/mol. The van der Waals surface area contributed by atoms with Crippen LogP contribution in [0.5, 0.6) is 5.75 Å². The van der Waals surface area contributed by atoms with Crippen molar-refractivity contribution >= 4 is 43.8 Å². The Morgan fingerprint density at radius 2 is 1.82 bits per heavy atom. The van der Waals surface area contributed by atoms with Crippen LogP contribution in [0.25, 0.3) is 21.7 Å². The minimum Gasteiger partial charge on any atom is -0.488 e. The first-order chi connectivity index (χ1) is 19.1. The van der Waals surface area contributed by atoms with Gasteiger partial charge in [-0.05, 0) is 60.4 Å². The Hall–Kier alpha value is -3.77. The van der Waals surface area contributed by atoms with Crippen LogP contribution in [0.2, 0.25) is 0 Å². The molecular formula is C33H30BrN3O2. The average molecular weight is 581 g/mol. The number of ether oxygens (including phenoxy) is 1. The number of rotatable bonds is 6. The highest BCUT2D eigenvalue weighted by molar-refractivity contribution is 9.10. The SMILES string of the molecule is Cc1cccc(COc2ccc3ccccc3c2C=Nn2c(C3CCCCC3)nc3ccc(Br)cc3c2=O)c1. The molecule has 0 saturated heterocycles. The van der Waals surface area contributed by atoms with Gasteiger partial charge in [0.1, 0.15) is 18.2 Å². The van der Waals surface area contributed by atoms with Gasteiger partial charge in [-0.2, -0.15) is 9.78 Å². The number of fused-ring (bicyclic) bond motifs is 2. The van der Waals surface area contributed by atoms with E-state index in [0.29, 0.717) is 17.5 Å². The van der Waals surface area contributed by atoms with E-state index < -0.39 is 0 Å². The van der Waals surface area contributed by atoms with Crippen LogP contribution in [0.3, 0.4) is 0 Å². The lowest BCUT2D eigenvalue weighted by molar-refractivity contribution is 0.306. The third kappa shape index (κ3) is 5.39. The Bertz CT molecular complexity index is 1750. The molecule has 1 aliphatic carbocycles. The predicted molar refractivity (Wildman–Crippen MR) is 162 cm³/mol. The molecule has 5 nitrogen and oxygen atoms in total. The van der Waals surface area contributed by atoms with Crippen LogP contribution in [-0.2, 0) is 6.61 Å². The van der Waals surface area contributed by atoms with E-state index in [1.54, 1.807) is 6.21 Å². The highest BCUT2D eigenvalue weighted by atomic mass is 79.9. The van der Waals surface area contributed by atoms with Gasteiger partial charge in [0, 0.05) is 16.0 Å². The van der Waals surface area contributed by atoms with Crippen molar-refractivity contribution in [3.63, 3.8) is 0 Å². The van der Waals surface area contributed by atoms with Crippen molar-refractivity contribution in [3.8, 4) is 5.75 Å². The van der Waals surface area contributed by atoms with Crippen molar-refractivity contribution in [1.29, 1.82) is 0 Å². The summed E-state index contributed by atoms with van der Waals surface area (Å²) in [5.41, 5.74) is 3.70. The molecule has 0 aliphatic heterocycles. The summed E-state index contributed by atoms with van der Waals surface area (Å²) < 4.78 is 8.70. The molecular weight excluding hydrogens is 550 g/mol. The summed E-state index contributed by atoms with van der Waals surface area (Å²) in [6.45, 7) is 2.52. The Morgan fingerprint density at radius 1 is 0.974 bits per heavy atom. The second kappa shape index (κ2) is 11.1. The summed E-state index contributed by atoms with van der Waals surface area (Å²) in [4.78, 5) is 18.8. The normalized spacial score (nSPS) is 14.4. The van der Waals surface area contributed by atoms with E-state index in [0.717, 1.165) is 63.6 Å². The lowest BCUT2D eigenvalue weighted by Crippen LogP contribution is -2.25. The fraction of sp³-hybridized carbons (Fsp3) is 0.242. The summed E-state index contributed by atoms with van der Waals surface area (Å²) in [7, 11) is 0. The van der Waals surface area contributed by atoms with Gasteiger partial charge in [-0.15, -0.1) is 0 Å². The molecule has 4 aromatic carbocycles. The van der Waals surface area contributed by atoms with Crippen molar-refractivity contribution in [2.24, 2.45) is 5.10 Å². The molecule has 6 rings (SSSR count). The van der Waals surface area contributed by atoms with Gasteiger partial charge in [-0.25, -0.2) is 4.98 Å². The van der Waals surface area contributed by atoms with Crippen LogP contribution < -0.4 is 10.3 Å². The van der Waals surface area contributed by atoms with Gasteiger partial charge < -0.3 is 4.74 Å². The fourth-order valence-electron chi connectivity index (χ4n) is 5.52. The van der Waals surface area contributed by atoms with Gasteiger partial charge in [0.25, 0.3) is 5.56 Å². The minimum absolute atomic E-state index is 0.152. The van der Waals surface area contributed by atoms with E-state index >= 15 is 0 Å². The van der Waals surface area contributed by atoms with Crippen molar-refractivity contribution in [2.75, 3.05) is 0 Å². The maximum absolute atomic E-state index is 13.8. The van der Waals surface area contributed by atoms with Gasteiger partial charge >= 0.3 is 0 Å². The second-order valence-electron chi connectivity index (χ2n) is 10.3. The van der Waals surface area contributed by atoms with Crippen LogP contribution in [0.4, 0.5) is 0 Å². The van der Waals surface area contributed by atoms with Crippen molar-refractivity contribution in [1.82, 2.24) is 9.66 Å². The third-order valence-electron chi connectivity index (χ3n) is 7.51. The zero-order chi connectivity index (χ0) is 26.8. The molecule has 0 amide bonds. The van der Waals surface area contributed by atoms with Gasteiger partial charge in [0.15, 0.2) is 0 Å². The number of aromatic nitrogens is 2. The molecule has 5 aromatic rings. The van der Waals surface area contributed by atoms with Crippen LogP contribution in [0, 0.1) is 6.92 Å². The Labute approximate surface area is 236 Å². The maximum Gasteiger partial charge on any atom is 0.282 e. The second-order valence-corrected chi connectivity index (χ2v) is 11.2. The number of aryl methyl sites for hydroxylation is 1. The van der Waals surface area contributed by atoms with Crippen LogP contribution in [0.15, 0.2) is 93.2 Å². The zero-order valence-electron chi connectivity index (χ0n) is 21.9. The summed E-state index contributed by atoms with van der Waals surface area (Å²) >= 11 is 3.51. The van der Waals surface area contributed by atoms with E-state index in [9.17, 15) is 4.79 Å². The molecule has 0 atom stereocenters. The lowest BCUT2D eigenvalue weighted by Gasteiger charge is -2.23. The molecule has 0 N–H and O–H groups in total. The minimum atomic E-state index is -0.152. The summed E-state index contributed by atoms with van der Waals surface area (Å²) in [5, 5.41) is 7.49. The highest BCUT2D eigenvalue weighted by Gasteiger charge is 2.22. The third-order valence-corrected chi connectivity index (χ3v) is 8.01. The molecule has 1 saturated carbocycles. The van der Waals surface area contributed by atoms with Crippen LogP contribution >= 0.6 is 15.9 Å². The molecule has 6 heteroatoms. The van der Waals surface area contributed by atoms with Gasteiger partial charge in [0.2, 0.25) is 0 Å². The number of hydrogen-bond donors (Lipinski definition) is 0. The van der Waals surface area contributed by atoms with E-state index in [4.69, 9.17) is 14.8 Å². The first-order valence-corrected chi connectivity index (χ1v) is 14.3. The summed E-state index contributed by atoms with van der Waals surface area (Å²) in [5.74, 6) is 1.68. The van der Waals surface area contributed by atoms with E-state index in [1.807, 2.05) is 42.5 Å².